The molecule has 0 aliphatic carbocycles. The summed E-state index contributed by atoms with van der Waals surface area (Å²) in [5.74, 6) is -0.701. The van der Waals surface area contributed by atoms with Crippen LogP contribution in [0, 0.1) is 0 Å². The van der Waals surface area contributed by atoms with Crippen LogP contribution in [0.5, 0.6) is 0 Å². The molecule has 2 aromatic rings. The summed E-state index contributed by atoms with van der Waals surface area (Å²) in [5, 5.41) is 15.1. The highest BCUT2D eigenvalue weighted by Gasteiger charge is 2.10. The maximum atomic E-state index is 10.8. The van der Waals surface area contributed by atoms with Gasteiger partial charge in [-0.1, -0.05) is 6.92 Å². The summed E-state index contributed by atoms with van der Waals surface area (Å²) >= 11 is 1.62. The summed E-state index contributed by atoms with van der Waals surface area (Å²) in [6.07, 6.45) is 1.78. The number of carboxylic acid groups (broad SMARTS) is 1. The van der Waals surface area contributed by atoms with Crippen LogP contribution in [-0.4, -0.2) is 22.6 Å². The number of rotatable bonds is 5. The summed E-state index contributed by atoms with van der Waals surface area (Å²) in [7, 11) is 0. The van der Waals surface area contributed by atoms with Crippen LogP contribution in [0.4, 0.5) is 11.4 Å². The van der Waals surface area contributed by atoms with Crippen LogP contribution in [0.1, 0.15) is 28.2 Å². The number of thiazole rings is 1. The number of benzene rings is 1. The Bertz CT molecular complexity index is 569. The lowest BCUT2D eigenvalue weighted by Crippen LogP contribution is -2.11. The molecule has 0 radical (unpaired) electrons. The van der Waals surface area contributed by atoms with Gasteiger partial charge in [0.25, 0.3) is 0 Å². The van der Waals surface area contributed by atoms with Gasteiger partial charge in [0, 0.05) is 24.0 Å². The Labute approximate surface area is 115 Å². The fourth-order valence-electron chi connectivity index (χ4n) is 1.68. The maximum Gasteiger partial charge on any atom is 0.335 e. The molecule has 19 heavy (non-hydrogen) atoms. The molecule has 0 aliphatic rings. The van der Waals surface area contributed by atoms with Crippen LogP contribution in [-0.2, 0) is 0 Å². The van der Waals surface area contributed by atoms with E-state index < -0.39 is 5.97 Å². The number of nitrogens with zero attached hydrogens (tertiary/aromatic N) is 1. The van der Waals surface area contributed by atoms with E-state index in [-0.39, 0.29) is 11.5 Å². The van der Waals surface area contributed by atoms with Crippen molar-refractivity contribution in [3.05, 3.63) is 40.3 Å². The first-order valence-corrected chi connectivity index (χ1v) is 6.72. The molecule has 1 aromatic heterocycles. The fourth-order valence-corrected chi connectivity index (χ4v) is 2.38. The highest BCUT2D eigenvalue weighted by atomic mass is 32.1. The summed E-state index contributed by atoms with van der Waals surface area (Å²) in [4.78, 5) is 15.1. The molecule has 5 nitrogen and oxygen atoms in total. The zero-order valence-corrected chi connectivity index (χ0v) is 11.3. The lowest BCUT2D eigenvalue weighted by Gasteiger charge is -2.13. The molecule has 1 aromatic carbocycles. The molecule has 6 heteroatoms. The molecule has 0 spiro atoms. The second-order valence-corrected chi connectivity index (χ2v) is 5.19. The second-order valence-electron chi connectivity index (χ2n) is 4.26. The summed E-state index contributed by atoms with van der Waals surface area (Å²) < 4.78 is 0. The topological polar surface area (TPSA) is 88.2 Å². The molecular weight excluding hydrogens is 262 g/mol. The highest BCUT2D eigenvalue weighted by Crippen LogP contribution is 2.23. The van der Waals surface area contributed by atoms with E-state index in [0.29, 0.717) is 12.2 Å². The summed E-state index contributed by atoms with van der Waals surface area (Å²) in [6.45, 7) is 2.78. The first-order valence-electron chi connectivity index (χ1n) is 5.84. The van der Waals surface area contributed by atoms with Crippen molar-refractivity contribution in [3.63, 3.8) is 0 Å². The quantitative estimate of drug-likeness (QED) is 0.731. The molecule has 100 valence electrons. The van der Waals surface area contributed by atoms with E-state index in [4.69, 9.17) is 10.8 Å². The summed E-state index contributed by atoms with van der Waals surface area (Å²) in [5.41, 5.74) is 7.20. The van der Waals surface area contributed by atoms with Crippen molar-refractivity contribution in [1.82, 2.24) is 4.98 Å². The molecule has 0 bridgehead atoms. The van der Waals surface area contributed by atoms with E-state index in [0.717, 1.165) is 10.7 Å². The monoisotopic (exact) mass is 277 g/mol. The molecule has 0 amide bonds. The average Bonchev–Trinajstić information content (AvgIpc) is 2.90. The minimum absolute atomic E-state index is 0.191. The lowest BCUT2D eigenvalue weighted by molar-refractivity contribution is 0.0697. The zero-order chi connectivity index (χ0) is 13.8. The smallest absolute Gasteiger partial charge is 0.335 e. The Balaban J connectivity index is 2.02. The Morgan fingerprint density at radius 1 is 1.58 bits per heavy atom. The number of nitrogens with one attached hydrogen (secondary N) is 1. The number of aromatic nitrogens is 1. The van der Waals surface area contributed by atoms with Crippen LogP contribution in [0.3, 0.4) is 0 Å². The number of carboxylic acids is 1. The summed E-state index contributed by atoms with van der Waals surface area (Å²) in [6, 6.07) is 4.68. The van der Waals surface area contributed by atoms with Gasteiger partial charge in [0.1, 0.15) is 0 Å². The van der Waals surface area contributed by atoms with Crippen molar-refractivity contribution in [2.75, 3.05) is 17.6 Å². The Morgan fingerprint density at radius 3 is 2.95 bits per heavy atom. The Morgan fingerprint density at radius 2 is 2.37 bits per heavy atom. The predicted molar refractivity (Wildman–Crippen MR) is 76.8 cm³/mol. The van der Waals surface area contributed by atoms with Gasteiger partial charge in [0.15, 0.2) is 0 Å². The molecular formula is C13H15N3O2S. The predicted octanol–water partition coefficient (Wildman–Crippen LogP) is 2.64. The lowest BCUT2D eigenvalue weighted by atomic mass is 10.1. The van der Waals surface area contributed by atoms with Crippen LogP contribution >= 0.6 is 11.3 Å². The standard InChI is InChI=1S/C13H15N3O2S/c1-8(12-15-4-5-19-12)7-16-11-3-2-9(13(17)18)6-10(11)14/h2-6,8,16H,7,14H2,1H3,(H,17,18). The van der Waals surface area contributed by atoms with Crippen molar-refractivity contribution < 1.29 is 9.90 Å². The van der Waals surface area contributed by atoms with E-state index in [2.05, 4.69) is 17.2 Å². The largest absolute Gasteiger partial charge is 0.478 e. The van der Waals surface area contributed by atoms with Gasteiger partial charge in [-0.05, 0) is 18.2 Å². The molecule has 2 rings (SSSR count). The first kappa shape index (κ1) is 13.4. The third-order valence-electron chi connectivity index (χ3n) is 2.77. The van der Waals surface area contributed by atoms with Crippen LogP contribution in [0.25, 0.3) is 0 Å². The highest BCUT2D eigenvalue weighted by molar-refractivity contribution is 7.09. The van der Waals surface area contributed by atoms with Crippen LogP contribution < -0.4 is 11.1 Å². The van der Waals surface area contributed by atoms with E-state index in [1.807, 2.05) is 5.38 Å². The van der Waals surface area contributed by atoms with Gasteiger partial charge in [0.2, 0.25) is 0 Å². The fraction of sp³-hybridized carbons (Fsp3) is 0.231. The number of nitrogens with two attached hydrogens (primary N) is 1. The Kier molecular flexibility index (Phi) is 4.01. The number of aromatic carboxylic acids is 1. The van der Waals surface area contributed by atoms with Gasteiger partial charge in [0.05, 0.1) is 21.9 Å². The van der Waals surface area contributed by atoms with Gasteiger partial charge < -0.3 is 16.2 Å². The van der Waals surface area contributed by atoms with Crippen molar-refractivity contribution in [2.45, 2.75) is 12.8 Å². The zero-order valence-electron chi connectivity index (χ0n) is 10.5. The SMILES string of the molecule is CC(CNc1ccc(C(=O)O)cc1N)c1nccs1. The van der Waals surface area contributed by atoms with E-state index in [9.17, 15) is 4.79 Å². The minimum atomic E-state index is -0.977. The van der Waals surface area contributed by atoms with Crippen LogP contribution in [0.15, 0.2) is 29.8 Å². The molecule has 0 fully saturated rings. The third-order valence-corrected chi connectivity index (χ3v) is 3.78. The number of carbonyl (C=O) groups is 1. The molecule has 0 aliphatic heterocycles. The minimum Gasteiger partial charge on any atom is -0.478 e. The normalized spacial score (nSPS) is 12.1. The molecule has 4 N–H and O–H groups in total. The van der Waals surface area contributed by atoms with Gasteiger partial charge in [-0.25, -0.2) is 9.78 Å². The number of hydrogen-bond acceptors (Lipinski definition) is 5. The van der Waals surface area contributed by atoms with E-state index in [1.54, 1.807) is 23.6 Å². The Hall–Kier alpha value is -2.08. The average molecular weight is 277 g/mol. The molecule has 0 saturated heterocycles. The van der Waals surface area contributed by atoms with Gasteiger partial charge >= 0.3 is 5.97 Å². The third kappa shape index (κ3) is 3.23. The number of anilines is 2. The number of nitrogen functional groups attached to an aromatic ring is 1. The molecule has 1 unspecified atom stereocenters. The first-order chi connectivity index (χ1) is 9.08. The van der Waals surface area contributed by atoms with Gasteiger partial charge in [-0.15, -0.1) is 11.3 Å². The van der Waals surface area contributed by atoms with Crippen LogP contribution in [0.2, 0.25) is 0 Å². The van der Waals surface area contributed by atoms with Gasteiger partial charge in [-0.2, -0.15) is 0 Å². The molecule has 1 atom stereocenters. The number of hydrogen-bond donors (Lipinski definition) is 3. The second kappa shape index (κ2) is 5.71. The van der Waals surface area contributed by atoms with Crippen molar-refractivity contribution >= 4 is 28.7 Å². The molecule has 1 heterocycles. The van der Waals surface area contributed by atoms with E-state index in [1.165, 1.54) is 12.1 Å². The van der Waals surface area contributed by atoms with E-state index >= 15 is 0 Å². The molecule has 0 saturated carbocycles. The van der Waals surface area contributed by atoms with Crippen molar-refractivity contribution in [1.29, 1.82) is 0 Å². The van der Waals surface area contributed by atoms with Gasteiger partial charge in [-0.3, -0.25) is 0 Å². The maximum absolute atomic E-state index is 10.8. The van der Waals surface area contributed by atoms with Crippen molar-refractivity contribution in [3.8, 4) is 0 Å². The van der Waals surface area contributed by atoms with Crippen molar-refractivity contribution in [2.24, 2.45) is 0 Å².